The number of esters is 1. The first-order valence-electron chi connectivity index (χ1n) is 8.90. The van der Waals surface area contributed by atoms with E-state index in [4.69, 9.17) is 22.5 Å². The van der Waals surface area contributed by atoms with Crippen molar-refractivity contribution in [3.63, 3.8) is 0 Å². The molecular weight excluding hydrogens is 292 g/mol. The average Bonchev–Trinajstić information content (AvgIpc) is 2.96. The van der Waals surface area contributed by atoms with E-state index >= 15 is 0 Å². The predicted molar refractivity (Wildman–Crippen MR) is 89.2 cm³/mol. The van der Waals surface area contributed by atoms with Crippen molar-refractivity contribution in [3.8, 4) is 11.3 Å². The molecule has 0 fully saturated rings. The highest BCUT2D eigenvalue weighted by Gasteiger charge is 2.20. The molecule has 1 aromatic carbocycles. The Morgan fingerprint density at radius 2 is 2.13 bits per heavy atom. The maximum Gasteiger partial charge on any atom is 0.312 e. The third-order valence-corrected chi connectivity index (χ3v) is 3.56. The van der Waals surface area contributed by atoms with E-state index in [0.29, 0.717) is 5.56 Å². The zero-order valence-electron chi connectivity index (χ0n) is 17.1. The molecule has 120 valence electrons. The zero-order valence-corrected chi connectivity index (χ0v) is 13.1. The van der Waals surface area contributed by atoms with Crippen LogP contribution in [-0.4, -0.2) is 22.9 Å². The number of anilines is 1. The van der Waals surface area contributed by atoms with Gasteiger partial charge in [-0.15, -0.1) is 0 Å². The van der Waals surface area contributed by atoms with Crippen LogP contribution in [0.1, 0.15) is 43.7 Å². The van der Waals surface area contributed by atoms with E-state index in [2.05, 4.69) is 9.94 Å². The van der Waals surface area contributed by atoms with Crippen LogP contribution in [0.3, 0.4) is 0 Å². The van der Waals surface area contributed by atoms with Crippen molar-refractivity contribution in [2.24, 2.45) is 0 Å². The Kier molecular flexibility index (Phi) is 3.33. The smallest absolute Gasteiger partial charge is 0.312 e. The number of carbonyl (C=O) groups excluding carboxylic acids is 1. The Morgan fingerprint density at radius 3 is 2.65 bits per heavy atom. The van der Waals surface area contributed by atoms with Crippen LogP contribution in [0.25, 0.3) is 16.1 Å². The van der Waals surface area contributed by atoms with E-state index in [1.54, 1.807) is 31.2 Å². The highest BCUT2D eigenvalue weighted by atomic mass is 16.5. The molecule has 6 nitrogen and oxygen atoms in total. The van der Waals surface area contributed by atoms with Crippen LogP contribution >= 0.6 is 0 Å². The van der Waals surface area contributed by atoms with E-state index in [9.17, 15) is 4.79 Å². The first-order valence-corrected chi connectivity index (χ1v) is 6.90. The largest absolute Gasteiger partial charge is 0.469 e. The first kappa shape index (κ1) is 11.7. The summed E-state index contributed by atoms with van der Waals surface area (Å²) in [5.41, 5.74) is 7.33. The van der Waals surface area contributed by atoms with Gasteiger partial charge in [-0.25, -0.2) is 4.85 Å². The second-order valence-electron chi connectivity index (χ2n) is 5.06. The number of hydrogen-bond acceptors (Lipinski definition) is 4. The molecule has 1 aromatic heterocycles. The third-order valence-electron chi connectivity index (χ3n) is 3.56. The molecule has 0 aliphatic rings. The molecule has 1 heterocycles. The van der Waals surface area contributed by atoms with Gasteiger partial charge in [0.2, 0.25) is 0 Å². The molecule has 6 heteroatoms. The van der Waals surface area contributed by atoms with Crippen molar-refractivity contribution in [3.05, 3.63) is 41.2 Å². The van der Waals surface area contributed by atoms with Crippen molar-refractivity contribution < 1.29 is 15.0 Å². The molecule has 0 saturated carbocycles. The average molecular weight is 316 g/mol. The molecule has 2 N–H and O–H groups in total. The van der Waals surface area contributed by atoms with Gasteiger partial charge in [-0.2, -0.15) is 5.10 Å². The Hall–Kier alpha value is -2.81. The van der Waals surface area contributed by atoms with Gasteiger partial charge >= 0.3 is 5.97 Å². The second kappa shape index (κ2) is 6.53. The molecule has 0 spiro atoms. The number of ether oxygens (including phenoxy) is 1. The Bertz CT molecular complexity index is 895. The van der Waals surface area contributed by atoms with Crippen molar-refractivity contribution in [1.29, 1.82) is 0 Å². The topological polar surface area (TPSA) is 74.5 Å². The van der Waals surface area contributed by atoms with Crippen molar-refractivity contribution >= 4 is 17.5 Å². The monoisotopic (exact) mass is 316 g/mol. The number of nitrogens with two attached hydrogens (primary N) is 1. The number of aromatic nitrogens is 2. The summed E-state index contributed by atoms with van der Waals surface area (Å²) in [6.07, 6.45) is 0. The summed E-state index contributed by atoms with van der Waals surface area (Å²) in [6, 6.07) is 4.58. The molecule has 0 aliphatic heterocycles. The second-order valence-corrected chi connectivity index (χ2v) is 5.06. The summed E-state index contributed by atoms with van der Waals surface area (Å²) in [4.78, 5) is 15.0. The maximum absolute atomic E-state index is 11.7. The lowest BCUT2D eigenvalue weighted by Gasteiger charge is -2.10. The molecular formula is C17H20N4O2. The molecule has 2 atom stereocenters. The van der Waals surface area contributed by atoms with Crippen LogP contribution in [-0.2, 0) is 9.53 Å². The number of nitrogens with zero attached hydrogens (tertiary/aromatic N) is 3. The molecule has 23 heavy (non-hydrogen) atoms. The van der Waals surface area contributed by atoms with Gasteiger partial charge in [0, 0.05) is 10.1 Å². The molecule has 2 aromatic rings. The van der Waals surface area contributed by atoms with E-state index in [0.717, 1.165) is 10.2 Å². The highest BCUT2D eigenvalue weighted by Crippen LogP contribution is 2.36. The number of methoxy groups -OCH3 is 1. The van der Waals surface area contributed by atoms with Gasteiger partial charge in [-0.3, -0.25) is 9.48 Å². The Labute approximate surface area is 141 Å². The van der Waals surface area contributed by atoms with Gasteiger partial charge in [0.1, 0.15) is 11.5 Å². The summed E-state index contributed by atoms with van der Waals surface area (Å²) >= 11 is 0. The van der Waals surface area contributed by atoms with Crippen LogP contribution in [0.5, 0.6) is 0 Å². The van der Waals surface area contributed by atoms with Gasteiger partial charge in [0.25, 0.3) is 5.69 Å². The SMILES string of the molecule is [2H]C([2H])([2H])C([2H])(C)n1nc(-c2ccc(C(C)C(=O)OC)cc2)c([N+]#[C-])c1N. The summed E-state index contributed by atoms with van der Waals surface area (Å²) < 4.78 is 36.4. The van der Waals surface area contributed by atoms with Gasteiger partial charge in [-0.1, -0.05) is 24.3 Å². The summed E-state index contributed by atoms with van der Waals surface area (Å²) in [5.74, 6) is -1.01. The Morgan fingerprint density at radius 1 is 1.48 bits per heavy atom. The first-order chi connectivity index (χ1) is 12.5. The van der Waals surface area contributed by atoms with Gasteiger partial charge in [0.15, 0.2) is 0 Å². The number of nitrogen functional groups attached to an aromatic ring is 1. The molecule has 0 amide bonds. The minimum absolute atomic E-state index is 0.0218. The van der Waals surface area contributed by atoms with Crippen LogP contribution < -0.4 is 5.73 Å². The minimum Gasteiger partial charge on any atom is -0.469 e. The van der Waals surface area contributed by atoms with Crippen LogP contribution in [0.2, 0.25) is 0 Å². The van der Waals surface area contributed by atoms with E-state index in [-0.39, 0.29) is 23.2 Å². The van der Waals surface area contributed by atoms with Crippen LogP contribution in [0.15, 0.2) is 24.3 Å². The van der Waals surface area contributed by atoms with E-state index in [1.165, 1.54) is 14.0 Å². The maximum atomic E-state index is 11.7. The lowest BCUT2D eigenvalue weighted by atomic mass is 9.99. The standard InChI is InChI=1S/C17H20N4O2/c1-10(2)21-16(18)15(19-4)14(20-21)13-8-6-12(7-9-13)11(3)17(22)23-5/h6-11H,18H2,1-3,5H3/i1D3,10D. The lowest BCUT2D eigenvalue weighted by molar-refractivity contribution is -0.141. The fourth-order valence-corrected chi connectivity index (χ4v) is 2.23. The van der Waals surface area contributed by atoms with Crippen molar-refractivity contribution in [2.75, 3.05) is 12.8 Å². The highest BCUT2D eigenvalue weighted by molar-refractivity contribution is 5.83. The third kappa shape index (κ3) is 3.04. The predicted octanol–water partition coefficient (Wildman–Crippen LogP) is 3.54. The van der Waals surface area contributed by atoms with Crippen molar-refractivity contribution in [2.45, 2.75) is 32.6 Å². The molecule has 0 saturated heterocycles. The van der Waals surface area contributed by atoms with Gasteiger partial charge in [-0.05, 0) is 31.8 Å². The normalized spacial score (nSPS) is 17.7. The van der Waals surface area contributed by atoms with Gasteiger partial charge < -0.3 is 10.5 Å². The van der Waals surface area contributed by atoms with Crippen LogP contribution in [0, 0.1) is 6.57 Å². The fourth-order valence-electron chi connectivity index (χ4n) is 2.23. The molecule has 2 rings (SSSR count). The fraction of sp³-hybridized carbons (Fsp3) is 0.353. The quantitative estimate of drug-likeness (QED) is 0.691. The summed E-state index contributed by atoms with van der Waals surface area (Å²) in [7, 11) is 1.31. The molecule has 0 aliphatic carbocycles. The zero-order chi connectivity index (χ0) is 20.6. The molecule has 0 bridgehead atoms. The van der Waals surface area contributed by atoms with Crippen LogP contribution in [0.4, 0.5) is 11.5 Å². The minimum atomic E-state index is -2.69. The molecule has 2 unspecified atom stereocenters. The number of hydrogen-bond donors (Lipinski definition) is 1. The van der Waals surface area contributed by atoms with E-state index in [1.807, 2.05) is 0 Å². The molecule has 0 radical (unpaired) electrons. The van der Waals surface area contributed by atoms with Gasteiger partial charge in [0.05, 0.1) is 21.0 Å². The van der Waals surface area contributed by atoms with Crippen molar-refractivity contribution in [1.82, 2.24) is 9.78 Å². The summed E-state index contributed by atoms with van der Waals surface area (Å²) in [6.45, 7) is 7.55. The lowest BCUT2D eigenvalue weighted by Crippen LogP contribution is -2.10. The summed E-state index contributed by atoms with van der Waals surface area (Å²) in [5, 5.41) is 4.15. The number of benzene rings is 1. The Balaban J connectivity index is 2.53. The number of rotatable bonds is 4. The number of carbonyl (C=O) groups is 1. The van der Waals surface area contributed by atoms with E-state index < -0.39 is 18.8 Å².